The van der Waals surface area contributed by atoms with Crippen LogP contribution >= 0.6 is 0 Å². The van der Waals surface area contributed by atoms with Gasteiger partial charge in [0.15, 0.2) is 5.54 Å². The average Bonchev–Trinajstić information content (AvgIpc) is 2.72. The Bertz CT molecular complexity index is 915. The van der Waals surface area contributed by atoms with Gasteiger partial charge in [-0.3, -0.25) is 14.5 Å². The molecule has 4 rings (SSSR count). The molecule has 1 aliphatic carbocycles. The van der Waals surface area contributed by atoms with Crippen molar-refractivity contribution in [2.24, 2.45) is 0 Å². The van der Waals surface area contributed by atoms with Crippen molar-refractivity contribution in [2.45, 2.75) is 57.0 Å². The molecule has 1 heterocycles. The van der Waals surface area contributed by atoms with Crippen LogP contribution < -0.4 is 10.2 Å². The van der Waals surface area contributed by atoms with Gasteiger partial charge in [0, 0.05) is 11.7 Å². The Morgan fingerprint density at radius 2 is 1.83 bits per heavy atom. The van der Waals surface area contributed by atoms with Gasteiger partial charge in [-0.05, 0) is 49.1 Å². The number of β-lactam (4-membered cyclic amide) rings is 1. The number of aryl methyl sites for hydroxylation is 1. The van der Waals surface area contributed by atoms with Crippen LogP contribution in [0, 0.1) is 6.92 Å². The summed E-state index contributed by atoms with van der Waals surface area (Å²) >= 11 is 0. The second-order valence-electron chi connectivity index (χ2n) is 8.22. The number of amides is 2. The predicted octanol–water partition coefficient (Wildman–Crippen LogP) is 4.63. The van der Waals surface area contributed by atoms with Crippen LogP contribution in [0.1, 0.15) is 49.7 Å². The minimum Gasteiger partial charge on any atom is -0.351 e. The Kier molecular flexibility index (Phi) is 5.52. The fourth-order valence-electron chi connectivity index (χ4n) is 4.41. The lowest BCUT2D eigenvalue weighted by atomic mass is 9.80. The third kappa shape index (κ3) is 3.98. The maximum atomic E-state index is 13.5. The zero-order valence-electron chi connectivity index (χ0n) is 16.9. The topological polar surface area (TPSA) is 49.4 Å². The van der Waals surface area contributed by atoms with Gasteiger partial charge in [-0.15, -0.1) is 0 Å². The molecule has 2 aliphatic rings. The van der Waals surface area contributed by atoms with Gasteiger partial charge in [0.1, 0.15) is 0 Å². The van der Waals surface area contributed by atoms with Crippen molar-refractivity contribution in [1.82, 2.24) is 5.32 Å². The Balaban J connectivity index is 1.67. The van der Waals surface area contributed by atoms with Crippen molar-refractivity contribution >= 4 is 23.6 Å². The smallest absolute Gasteiger partial charge is 0.251 e. The lowest BCUT2D eigenvalue weighted by Gasteiger charge is -2.49. The second kappa shape index (κ2) is 8.24. The molecule has 4 nitrogen and oxygen atoms in total. The van der Waals surface area contributed by atoms with Crippen LogP contribution in [-0.4, -0.2) is 23.4 Å². The molecule has 29 heavy (non-hydrogen) atoms. The first-order chi connectivity index (χ1) is 14.1. The van der Waals surface area contributed by atoms with Crippen molar-refractivity contribution in [3.05, 3.63) is 71.8 Å². The van der Waals surface area contributed by atoms with Crippen molar-refractivity contribution in [3.63, 3.8) is 0 Å². The van der Waals surface area contributed by atoms with Crippen molar-refractivity contribution < 1.29 is 9.59 Å². The summed E-state index contributed by atoms with van der Waals surface area (Å²) < 4.78 is 0. The molecular weight excluding hydrogens is 360 g/mol. The highest BCUT2D eigenvalue weighted by molar-refractivity contribution is 6.15. The molecule has 2 amide bonds. The summed E-state index contributed by atoms with van der Waals surface area (Å²) in [6.07, 6.45) is 9.63. The Morgan fingerprint density at radius 3 is 2.52 bits per heavy atom. The summed E-state index contributed by atoms with van der Waals surface area (Å²) in [4.78, 5) is 27.8. The van der Waals surface area contributed by atoms with Crippen LogP contribution in [0.15, 0.2) is 60.7 Å². The number of benzene rings is 2. The van der Waals surface area contributed by atoms with Gasteiger partial charge in [-0.2, -0.15) is 0 Å². The van der Waals surface area contributed by atoms with E-state index in [0.29, 0.717) is 0 Å². The molecule has 1 N–H and O–H groups in total. The van der Waals surface area contributed by atoms with E-state index in [1.165, 1.54) is 6.42 Å². The maximum absolute atomic E-state index is 13.5. The molecule has 0 bridgehead atoms. The van der Waals surface area contributed by atoms with Gasteiger partial charge < -0.3 is 5.32 Å². The van der Waals surface area contributed by atoms with Gasteiger partial charge in [-0.25, -0.2) is 0 Å². The number of rotatable bonds is 5. The van der Waals surface area contributed by atoms with Gasteiger partial charge in [0.25, 0.3) is 5.91 Å². The molecule has 1 saturated heterocycles. The number of anilines is 1. The SMILES string of the molecule is Cc1cccc(N2C(=O)C[C@]2(/C=C/c2ccccc2)C(=O)NC2CCCCC2)c1. The fraction of sp³-hybridized carbons (Fsp3) is 0.360. The summed E-state index contributed by atoms with van der Waals surface area (Å²) in [7, 11) is 0. The largest absolute Gasteiger partial charge is 0.351 e. The third-order valence-corrected chi connectivity index (χ3v) is 6.01. The van der Waals surface area contributed by atoms with E-state index < -0.39 is 5.54 Å². The highest BCUT2D eigenvalue weighted by atomic mass is 16.2. The summed E-state index contributed by atoms with van der Waals surface area (Å²) in [6, 6.07) is 17.9. The first kappa shape index (κ1) is 19.4. The Labute approximate surface area is 172 Å². The van der Waals surface area contributed by atoms with Crippen molar-refractivity contribution in [1.29, 1.82) is 0 Å². The van der Waals surface area contributed by atoms with Crippen LogP contribution in [0.4, 0.5) is 5.69 Å². The van der Waals surface area contributed by atoms with Crippen LogP contribution in [0.5, 0.6) is 0 Å². The molecular formula is C25H28N2O2. The standard InChI is InChI=1S/C25H28N2O2/c1-19-9-8-14-22(17-19)27-23(28)18-25(27,16-15-20-10-4-2-5-11-20)24(29)26-21-12-6-3-7-13-21/h2,4-5,8-11,14-17,21H,3,6-7,12-13,18H2,1H3,(H,26,29)/b16-15+/t25-/m1/s1. The summed E-state index contributed by atoms with van der Waals surface area (Å²) in [5.74, 6) is -0.0928. The highest BCUT2D eigenvalue weighted by Gasteiger charge is 2.55. The zero-order chi connectivity index (χ0) is 20.3. The van der Waals surface area contributed by atoms with Gasteiger partial charge in [0.05, 0.1) is 6.42 Å². The molecule has 2 aromatic rings. The Morgan fingerprint density at radius 1 is 1.07 bits per heavy atom. The molecule has 1 saturated carbocycles. The molecule has 0 unspecified atom stereocenters. The first-order valence-corrected chi connectivity index (χ1v) is 10.5. The number of hydrogen-bond donors (Lipinski definition) is 1. The van der Waals surface area contributed by atoms with E-state index >= 15 is 0 Å². The van der Waals surface area contributed by atoms with E-state index in [2.05, 4.69) is 5.32 Å². The number of nitrogens with one attached hydrogen (secondary N) is 1. The van der Waals surface area contributed by atoms with E-state index in [-0.39, 0.29) is 24.3 Å². The number of hydrogen-bond acceptors (Lipinski definition) is 2. The summed E-state index contributed by atoms with van der Waals surface area (Å²) in [6.45, 7) is 2.00. The molecule has 2 aromatic carbocycles. The molecule has 0 radical (unpaired) electrons. The van der Waals surface area contributed by atoms with Crippen LogP contribution in [0.3, 0.4) is 0 Å². The monoisotopic (exact) mass is 388 g/mol. The van der Waals surface area contributed by atoms with E-state index in [1.54, 1.807) is 4.90 Å². The minimum atomic E-state index is -0.974. The average molecular weight is 389 g/mol. The minimum absolute atomic E-state index is 0.0212. The van der Waals surface area contributed by atoms with E-state index in [4.69, 9.17) is 0 Å². The summed E-state index contributed by atoms with van der Waals surface area (Å²) in [5, 5.41) is 3.25. The zero-order valence-corrected chi connectivity index (χ0v) is 16.9. The molecule has 0 spiro atoms. The van der Waals surface area contributed by atoms with Crippen molar-refractivity contribution in [2.75, 3.05) is 4.90 Å². The molecule has 1 atom stereocenters. The molecule has 1 aliphatic heterocycles. The normalized spacial score (nSPS) is 22.5. The lowest BCUT2D eigenvalue weighted by molar-refractivity contribution is -0.137. The van der Waals surface area contributed by atoms with E-state index in [9.17, 15) is 9.59 Å². The van der Waals surface area contributed by atoms with Gasteiger partial charge in [-0.1, -0.05) is 67.8 Å². The van der Waals surface area contributed by atoms with Crippen LogP contribution in [0.2, 0.25) is 0 Å². The molecule has 2 fully saturated rings. The fourth-order valence-corrected chi connectivity index (χ4v) is 4.41. The molecule has 4 heteroatoms. The maximum Gasteiger partial charge on any atom is 0.251 e. The number of nitrogens with zero attached hydrogens (tertiary/aromatic N) is 1. The lowest BCUT2D eigenvalue weighted by Crippen LogP contribution is -2.70. The molecule has 0 aromatic heterocycles. The quantitative estimate of drug-likeness (QED) is 0.759. The van der Waals surface area contributed by atoms with Crippen LogP contribution in [0.25, 0.3) is 6.08 Å². The predicted molar refractivity (Wildman–Crippen MR) is 117 cm³/mol. The summed E-state index contributed by atoms with van der Waals surface area (Å²) in [5.41, 5.74) is 1.88. The van der Waals surface area contributed by atoms with Gasteiger partial charge in [0.2, 0.25) is 5.91 Å². The second-order valence-corrected chi connectivity index (χ2v) is 8.22. The highest BCUT2D eigenvalue weighted by Crippen LogP contribution is 2.39. The third-order valence-electron chi connectivity index (χ3n) is 6.01. The van der Waals surface area contributed by atoms with Crippen LogP contribution in [-0.2, 0) is 9.59 Å². The van der Waals surface area contributed by atoms with E-state index in [0.717, 1.165) is 42.5 Å². The number of carbonyl (C=O) groups excluding carboxylic acids is 2. The first-order valence-electron chi connectivity index (χ1n) is 10.5. The van der Waals surface area contributed by atoms with Gasteiger partial charge >= 0.3 is 0 Å². The Hall–Kier alpha value is -2.88. The number of carbonyl (C=O) groups is 2. The van der Waals surface area contributed by atoms with E-state index in [1.807, 2.05) is 73.7 Å². The molecule has 150 valence electrons. The van der Waals surface area contributed by atoms with Crippen molar-refractivity contribution in [3.8, 4) is 0 Å².